The third kappa shape index (κ3) is 5.43. The molecule has 1 saturated carbocycles. The van der Waals surface area contributed by atoms with Crippen LogP contribution in [0.25, 0.3) is 0 Å². The number of hydrogen-bond acceptors (Lipinski definition) is 3. The number of thioether (sulfide) groups is 1. The monoisotopic (exact) mass is 436 g/mol. The molecule has 30 heavy (non-hydrogen) atoms. The molecule has 2 N–H and O–H groups in total. The highest BCUT2D eigenvalue weighted by Gasteiger charge is 2.29. The predicted molar refractivity (Wildman–Crippen MR) is 123 cm³/mol. The van der Waals surface area contributed by atoms with Crippen molar-refractivity contribution < 1.29 is 9.59 Å². The maximum Gasteiger partial charge on any atom is 0.242 e. The van der Waals surface area contributed by atoms with Gasteiger partial charge in [0, 0.05) is 27.2 Å². The third-order valence-electron chi connectivity index (χ3n) is 4.74. The molecule has 0 aromatic heterocycles. The first-order valence-corrected chi connectivity index (χ1v) is 11.0. The summed E-state index contributed by atoms with van der Waals surface area (Å²) in [5.41, 5.74) is 2.30. The Kier molecular flexibility index (Phi) is 6.41. The number of amides is 2. The van der Waals surface area contributed by atoms with Crippen molar-refractivity contribution in [3.05, 3.63) is 89.4 Å². The predicted octanol–water partition coefficient (Wildman–Crippen LogP) is 6.16. The van der Waals surface area contributed by atoms with Gasteiger partial charge in [-0.25, -0.2) is 0 Å². The molecule has 4 rings (SSSR count). The van der Waals surface area contributed by atoms with Gasteiger partial charge in [-0.1, -0.05) is 54.1 Å². The SMILES string of the molecule is O=C(Nc1cccc(SC(C(=O)Nc2cccc(Cl)c2)c2ccccc2)c1)C1CC1. The van der Waals surface area contributed by atoms with E-state index in [-0.39, 0.29) is 17.7 Å². The summed E-state index contributed by atoms with van der Waals surface area (Å²) in [6.07, 6.45) is 1.92. The first kappa shape index (κ1) is 20.5. The van der Waals surface area contributed by atoms with Crippen molar-refractivity contribution in [3.63, 3.8) is 0 Å². The lowest BCUT2D eigenvalue weighted by molar-refractivity contribution is -0.117. The van der Waals surface area contributed by atoms with Gasteiger partial charge in [0.2, 0.25) is 11.8 Å². The van der Waals surface area contributed by atoms with E-state index >= 15 is 0 Å². The highest BCUT2D eigenvalue weighted by molar-refractivity contribution is 8.00. The number of rotatable bonds is 7. The van der Waals surface area contributed by atoms with Crippen LogP contribution in [0.1, 0.15) is 23.7 Å². The molecule has 1 unspecified atom stereocenters. The average molecular weight is 437 g/mol. The number of carbonyl (C=O) groups excluding carboxylic acids is 2. The minimum atomic E-state index is -0.459. The van der Waals surface area contributed by atoms with Crippen LogP contribution < -0.4 is 10.6 Å². The fourth-order valence-corrected chi connectivity index (χ4v) is 4.32. The zero-order valence-corrected chi connectivity index (χ0v) is 17.7. The third-order valence-corrected chi connectivity index (χ3v) is 6.22. The van der Waals surface area contributed by atoms with E-state index < -0.39 is 5.25 Å². The summed E-state index contributed by atoms with van der Waals surface area (Å²) < 4.78 is 0. The molecule has 1 aliphatic rings. The Morgan fingerprint density at radius 2 is 1.57 bits per heavy atom. The Bertz CT molecular complexity index is 1050. The number of anilines is 2. The molecule has 0 saturated heterocycles. The smallest absolute Gasteiger partial charge is 0.242 e. The van der Waals surface area contributed by atoms with Crippen LogP contribution in [0.3, 0.4) is 0 Å². The molecule has 3 aromatic carbocycles. The van der Waals surface area contributed by atoms with Gasteiger partial charge in [0.05, 0.1) is 0 Å². The fraction of sp³-hybridized carbons (Fsp3) is 0.167. The van der Waals surface area contributed by atoms with E-state index in [2.05, 4.69) is 10.6 Å². The van der Waals surface area contributed by atoms with Gasteiger partial charge in [-0.05, 0) is 54.8 Å². The summed E-state index contributed by atoms with van der Waals surface area (Å²) >= 11 is 7.49. The number of hydrogen-bond donors (Lipinski definition) is 2. The number of carbonyl (C=O) groups is 2. The largest absolute Gasteiger partial charge is 0.326 e. The van der Waals surface area contributed by atoms with Crippen LogP contribution in [0.4, 0.5) is 11.4 Å². The molecule has 0 heterocycles. The Morgan fingerprint density at radius 1 is 0.867 bits per heavy atom. The summed E-state index contributed by atoms with van der Waals surface area (Å²) in [5, 5.41) is 6.03. The Labute approximate surface area is 185 Å². The van der Waals surface area contributed by atoms with E-state index in [1.807, 2.05) is 60.7 Å². The van der Waals surface area contributed by atoms with E-state index in [4.69, 9.17) is 11.6 Å². The molecule has 152 valence electrons. The van der Waals surface area contributed by atoms with Crippen LogP contribution in [0, 0.1) is 5.92 Å². The van der Waals surface area contributed by atoms with Gasteiger partial charge in [0.25, 0.3) is 0 Å². The molecule has 1 fully saturated rings. The maximum absolute atomic E-state index is 13.1. The Balaban J connectivity index is 1.54. The fourth-order valence-electron chi connectivity index (χ4n) is 3.05. The van der Waals surface area contributed by atoms with E-state index in [1.165, 1.54) is 11.8 Å². The Hall–Kier alpha value is -2.76. The molecule has 3 aromatic rings. The van der Waals surface area contributed by atoms with E-state index in [9.17, 15) is 9.59 Å². The second-order valence-corrected chi connectivity index (χ2v) is 8.81. The first-order chi connectivity index (χ1) is 14.6. The van der Waals surface area contributed by atoms with Crippen LogP contribution in [0.2, 0.25) is 5.02 Å². The second-order valence-electron chi connectivity index (χ2n) is 7.20. The lowest BCUT2D eigenvalue weighted by atomic mass is 10.1. The minimum Gasteiger partial charge on any atom is -0.326 e. The molecule has 0 bridgehead atoms. The molecule has 1 atom stereocenters. The molecule has 2 amide bonds. The van der Waals surface area contributed by atoms with Gasteiger partial charge in [0.1, 0.15) is 5.25 Å². The highest BCUT2D eigenvalue weighted by Crippen LogP contribution is 2.37. The number of benzene rings is 3. The topological polar surface area (TPSA) is 58.2 Å². The zero-order chi connectivity index (χ0) is 20.9. The van der Waals surface area contributed by atoms with Crippen LogP contribution in [-0.2, 0) is 9.59 Å². The van der Waals surface area contributed by atoms with Gasteiger partial charge < -0.3 is 10.6 Å². The van der Waals surface area contributed by atoms with Crippen LogP contribution >= 0.6 is 23.4 Å². The van der Waals surface area contributed by atoms with Crippen molar-refractivity contribution in [2.45, 2.75) is 23.0 Å². The molecular formula is C24H21ClN2O2S. The average Bonchev–Trinajstić information content (AvgIpc) is 3.58. The lowest BCUT2D eigenvalue weighted by Gasteiger charge is -2.18. The summed E-state index contributed by atoms with van der Waals surface area (Å²) in [5.74, 6) is 0.0678. The van der Waals surface area contributed by atoms with Crippen molar-refractivity contribution in [1.29, 1.82) is 0 Å². The van der Waals surface area contributed by atoms with Gasteiger partial charge >= 0.3 is 0 Å². The van der Waals surface area contributed by atoms with Gasteiger partial charge in [-0.15, -0.1) is 11.8 Å². The van der Waals surface area contributed by atoms with Crippen molar-refractivity contribution in [2.24, 2.45) is 5.92 Å². The second kappa shape index (κ2) is 9.37. The van der Waals surface area contributed by atoms with Crippen molar-refractivity contribution in [3.8, 4) is 0 Å². The summed E-state index contributed by atoms with van der Waals surface area (Å²) in [4.78, 5) is 26.1. The van der Waals surface area contributed by atoms with Gasteiger partial charge in [-0.3, -0.25) is 9.59 Å². The van der Waals surface area contributed by atoms with Crippen LogP contribution in [0.5, 0.6) is 0 Å². The lowest BCUT2D eigenvalue weighted by Crippen LogP contribution is -2.19. The standard InChI is InChI=1S/C24H21ClN2O2S/c25-18-8-4-9-19(14-18)27-24(29)22(16-6-2-1-3-7-16)30-21-11-5-10-20(15-21)26-23(28)17-12-13-17/h1-11,14-15,17,22H,12-13H2,(H,26,28)(H,27,29). The minimum absolute atomic E-state index is 0.0652. The number of nitrogens with one attached hydrogen (secondary N) is 2. The molecule has 0 spiro atoms. The molecular weight excluding hydrogens is 416 g/mol. The van der Waals surface area contributed by atoms with Crippen molar-refractivity contribution >= 4 is 46.6 Å². The molecule has 0 radical (unpaired) electrons. The normalized spacial score (nSPS) is 14.0. The quantitative estimate of drug-likeness (QED) is 0.436. The zero-order valence-electron chi connectivity index (χ0n) is 16.2. The van der Waals surface area contributed by atoms with Crippen molar-refractivity contribution in [2.75, 3.05) is 10.6 Å². The molecule has 0 aliphatic heterocycles. The summed E-state index contributed by atoms with van der Waals surface area (Å²) in [6.45, 7) is 0. The van der Waals surface area contributed by atoms with Crippen LogP contribution in [-0.4, -0.2) is 11.8 Å². The maximum atomic E-state index is 13.1. The number of halogens is 1. The van der Waals surface area contributed by atoms with Crippen LogP contribution in [0.15, 0.2) is 83.8 Å². The van der Waals surface area contributed by atoms with Crippen molar-refractivity contribution in [1.82, 2.24) is 0 Å². The van der Waals surface area contributed by atoms with E-state index in [0.717, 1.165) is 29.0 Å². The summed E-state index contributed by atoms with van der Waals surface area (Å²) in [6, 6.07) is 24.4. The van der Waals surface area contributed by atoms with E-state index in [1.54, 1.807) is 18.2 Å². The Morgan fingerprint density at radius 3 is 2.27 bits per heavy atom. The first-order valence-electron chi connectivity index (χ1n) is 9.77. The van der Waals surface area contributed by atoms with Gasteiger partial charge in [-0.2, -0.15) is 0 Å². The summed E-state index contributed by atoms with van der Waals surface area (Å²) in [7, 11) is 0. The molecule has 6 heteroatoms. The van der Waals surface area contributed by atoms with Gasteiger partial charge in [0.15, 0.2) is 0 Å². The molecule has 1 aliphatic carbocycles. The molecule has 4 nitrogen and oxygen atoms in total. The highest BCUT2D eigenvalue weighted by atomic mass is 35.5. The van der Waals surface area contributed by atoms with E-state index in [0.29, 0.717) is 10.7 Å².